The van der Waals surface area contributed by atoms with E-state index in [9.17, 15) is 22.0 Å². The number of rotatable bonds is 5. The lowest BCUT2D eigenvalue weighted by molar-refractivity contribution is -0.0496. The topological polar surface area (TPSA) is 44.2 Å². The van der Waals surface area contributed by atoms with Crippen LogP contribution in [0.3, 0.4) is 0 Å². The molecule has 2 aromatic rings. The first-order valence-corrected chi connectivity index (χ1v) is 5.86. The lowest BCUT2D eigenvalue weighted by Gasteiger charge is -2.12. The summed E-state index contributed by atoms with van der Waals surface area (Å²) in [6.07, 6.45) is -1.98. The molecule has 22 heavy (non-hydrogen) atoms. The summed E-state index contributed by atoms with van der Waals surface area (Å²) in [5.41, 5.74) is -0.796. The minimum Gasteiger partial charge on any atom is -0.480 e. The van der Waals surface area contributed by atoms with E-state index in [-0.39, 0.29) is 11.3 Å². The summed E-state index contributed by atoms with van der Waals surface area (Å²) < 4.78 is 72.2. The van der Waals surface area contributed by atoms with Gasteiger partial charge in [-0.15, -0.1) is 0 Å². The second kappa shape index (κ2) is 6.54. The molecule has 0 amide bonds. The predicted molar refractivity (Wildman–Crippen MR) is 65.6 cm³/mol. The number of halogens is 5. The summed E-state index contributed by atoms with van der Waals surface area (Å²) in [6, 6.07) is 2.85. The number of methoxy groups -OCH3 is 1. The van der Waals surface area contributed by atoms with Crippen molar-refractivity contribution in [2.75, 3.05) is 7.11 Å². The highest BCUT2D eigenvalue weighted by atomic mass is 19.3. The van der Waals surface area contributed by atoms with Gasteiger partial charge in [-0.3, -0.25) is 0 Å². The van der Waals surface area contributed by atoms with E-state index in [0.717, 1.165) is 31.5 Å². The first kappa shape index (κ1) is 15.9. The van der Waals surface area contributed by atoms with Crippen LogP contribution in [0.2, 0.25) is 0 Å². The van der Waals surface area contributed by atoms with Crippen molar-refractivity contribution in [1.29, 1.82) is 0 Å². The Morgan fingerprint density at radius 2 is 1.86 bits per heavy atom. The number of hydrogen-bond acceptors (Lipinski definition) is 4. The van der Waals surface area contributed by atoms with E-state index in [1.54, 1.807) is 0 Å². The van der Waals surface area contributed by atoms with Gasteiger partial charge in [-0.2, -0.15) is 8.78 Å². The zero-order valence-corrected chi connectivity index (χ0v) is 11.1. The van der Waals surface area contributed by atoms with Gasteiger partial charge in [0.25, 0.3) is 6.43 Å². The number of hydrogen-bond donors (Lipinski definition) is 0. The molecular weight excluding hydrogens is 311 g/mol. The molecule has 0 aliphatic heterocycles. The summed E-state index contributed by atoms with van der Waals surface area (Å²) >= 11 is 0. The van der Waals surface area contributed by atoms with Gasteiger partial charge >= 0.3 is 6.61 Å². The van der Waals surface area contributed by atoms with Crippen LogP contribution in [-0.2, 0) is 0 Å². The lowest BCUT2D eigenvalue weighted by Crippen LogP contribution is -2.05. The Kier molecular flexibility index (Phi) is 4.74. The highest BCUT2D eigenvalue weighted by Crippen LogP contribution is 2.33. The Bertz CT molecular complexity index is 667. The molecule has 0 unspecified atom stereocenters. The van der Waals surface area contributed by atoms with Gasteiger partial charge < -0.3 is 9.47 Å². The molecule has 1 aromatic heterocycles. The molecular formula is C13H9F5N2O2. The fourth-order valence-electron chi connectivity index (χ4n) is 1.71. The smallest absolute Gasteiger partial charge is 0.387 e. The number of alkyl halides is 4. The van der Waals surface area contributed by atoms with Gasteiger partial charge in [0.2, 0.25) is 5.88 Å². The van der Waals surface area contributed by atoms with E-state index in [4.69, 9.17) is 4.74 Å². The van der Waals surface area contributed by atoms with Crippen molar-refractivity contribution in [3.05, 3.63) is 35.9 Å². The van der Waals surface area contributed by atoms with Crippen LogP contribution < -0.4 is 9.47 Å². The van der Waals surface area contributed by atoms with Gasteiger partial charge in [-0.25, -0.2) is 23.1 Å². The Labute approximate surface area is 121 Å². The van der Waals surface area contributed by atoms with Crippen molar-refractivity contribution < 1.29 is 31.4 Å². The Hall–Kier alpha value is -2.45. The van der Waals surface area contributed by atoms with E-state index in [1.807, 2.05) is 0 Å². The summed E-state index contributed by atoms with van der Waals surface area (Å²) in [7, 11) is 1.11. The Morgan fingerprint density at radius 1 is 1.14 bits per heavy atom. The highest BCUT2D eigenvalue weighted by molar-refractivity contribution is 5.67. The molecule has 0 radical (unpaired) electrons. The normalized spacial score (nSPS) is 11.1. The highest BCUT2D eigenvalue weighted by Gasteiger charge is 2.20. The number of ether oxygens (including phenoxy) is 2. The van der Waals surface area contributed by atoms with Crippen LogP contribution in [0.1, 0.15) is 12.1 Å². The third-order valence-corrected chi connectivity index (χ3v) is 2.60. The molecule has 0 bridgehead atoms. The third kappa shape index (κ3) is 3.41. The molecule has 0 N–H and O–H groups in total. The van der Waals surface area contributed by atoms with Crippen LogP contribution in [-0.4, -0.2) is 23.7 Å². The second-order valence-electron chi connectivity index (χ2n) is 3.97. The molecule has 0 spiro atoms. The Morgan fingerprint density at radius 3 is 2.45 bits per heavy atom. The van der Waals surface area contributed by atoms with Gasteiger partial charge in [0.15, 0.2) is 5.69 Å². The molecule has 9 heteroatoms. The molecule has 0 atom stereocenters. The van der Waals surface area contributed by atoms with E-state index in [2.05, 4.69) is 14.7 Å². The average Bonchev–Trinajstić information content (AvgIpc) is 2.46. The molecule has 0 fully saturated rings. The monoisotopic (exact) mass is 320 g/mol. The number of nitrogens with zero attached hydrogens (tertiary/aromatic N) is 2. The van der Waals surface area contributed by atoms with Crippen molar-refractivity contribution >= 4 is 0 Å². The zero-order valence-electron chi connectivity index (χ0n) is 11.1. The van der Waals surface area contributed by atoms with Crippen LogP contribution in [0.4, 0.5) is 22.0 Å². The summed E-state index contributed by atoms with van der Waals surface area (Å²) in [5.74, 6) is -1.75. The minimum atomic E-state index is -3.18. The van der Waals surface area contributed by atoms with Crippen LogP contribution in [0.15, 0.2) is 24.4 Å². The third-order valence-electron chi connectivity index (χ3n) is 2.60. The maximum absolute atomic E-state index is 13.1. The largest absolute Gasteiger partial charge is 0.480 e. The lowest BCUT2D eigenvalue weighted by atomic mass is 10.1. The fraction of sp³-hybridized carbons (Fsp3) is 0.231. The van der Waals surface area contributed by atoms with Gasteiger partial charge in [-0.05, 0) is 12.1 Å². The molecule has 1 heterocycles. The van der Waals surface area contributed by atoms with Gasteiger partial charge in [0, 0.05) is 11.6 Å². The molecule has 0 aliphatic rings. The quantitative estimate of drug-likeness (QED) is 0.785. The number of aromatic nitrogens is 2. The predicted octanol–water partition coefficient (Wildman–Crippen LogP) is 3.83. The maximum Gasteiger partial charge on any atom is 0.387 e. The minimum absolute atomic E-state index is 0.0340. The zero-order chi connectivity index (χ0) is 16.3. The van der Waals surface area contributed by atoms with Gasteiger partial charge in [0.1, 0.15) is 11.6 Å². The standard InChI is InChI=1S/C13H9F5N2O2/c1-21-12-10(11(15)16)19-5-8(20-12)7-3-2-6(14)4-9(7)22-13(17)18/h2-5,11,13H,1H3. The van der Waals surface area contributed by atoms with Crippen LogP contribution >= 0.6 is 0 Å². The molecule has 1 aromatic carbocycles. The van der Waals surface area contributed by atoms with Gasteiger partial charge in [-0.1, -0.05) is 0 Å². The second-order valence-corrected chi connectivity index (χ2v) is 3.97. The first-order valence-electron chi connectivity index (χ1n) is 5.86. The number of benzene rings is 1. The molecule has 2 rings (SSSR count). The van der Waals surface area contributed by atoms with Crippen molar-refractivity contribution in [3.8, 4) is 22.9 Å². The molecule has 0 saturated carbocycles. The van der Waals surface area contributed by atoms with Gasteiger partial charge in [0.05, 0.1) is 19.0 Å². The summed E-state index contributed by atoms with van der Waals surface area (Å²) in [4.78, 5) is 7.26. The average molecular weight is 320 g/mol. The fourth-order valence-corrected chi connectivity index (χ4v) is 1.71. The van der Waals surface area contributed by atoms with Crippen molar-refractivity contribution in [2.24, 2.45) is 0 Å². The molecule has 0 aliphatic carbocycles. The van der Waals surface area contributed by atoms with Crippen LogP contribution in [0, 0.1) is 5.82 Å². The maximum atomic E-state index is 13.1. The summed E-state index contributed by atoms with van der Waals surface area (Å²) in [6.45, 7) is -3.18. The molecule has 118 valence electrons. The van der Waals surface area contributed by atoms with E-state index in [1.165, 1.54) is 0 Å². The van der Waals surface area contributed by atoms with Crippen LogP contribution in [0.5, 0.6) is 11.6 Å². The van der Waals surface area contributed by atoms with E-state index >= 15 is 0 Å². The van der Waals surface area contributed by atoms with E-state index in [0.29, 0.717) is 0 Å². The van der Waals surface area contributed by atoms with Crippen molar-refractivity contribution in [3.63, 3.8) is 0 Å². The SMILES string of the molecule is COc1nc(-c2ccc(F)cc2OC(F)F)cnc1C(F)F. The van der Waals surface area contributed by atoms with Crippen LogP contribution in [0.25, 0.3) is 11.3 Å². The van der Waals surface area contributed by atoms with Crippen molar-refractivity contribution in [1.82, 2.24) is 9.97 Å². The Balaban J connectivity index is 2.52. The summed E-state index contributed by atoms with van der Waals surface area (Å²) in [5, 5.41) is 0. The molecule has 4 nitrogen and oxygen atoms in total. The van der Waals surface area contributed by atoms with E-state index < -0.39 is 36.2 Å². The molecule has 0 saturated heterocycles. The van der Waals surface area contributed by atoms with Crippen molar-refractivity contribution in [2.45, 2.75) is 13.0 Å². The first-order chi connectivity index (χ1) is 10.4.